The molecule has 4 atom stereocenters. The first kappa shape index (κ1) is 17.5. The zero-order chi connectivity index (χ0) is 16.1. The molecule has 2 rings (SSSR count). The molecule has 2 aliphatic heterocycles. The number of likely N-dealkylation sites (N-methyl/N-ethyl adjacent to an activating group) is 1. The van der Waals surface area contributed by atoms with Crippen molar-refractivity contribution in [2.45, 2.75) is 70.7 Å². The number of nitrogens with zero attached hydrogens (tertiary/aromatic N) is 2. The molecule has 0 amide bonds. The second-order valence-corrected chi connectivity index (χ2v) is 7.33. The van der Waals surface area contributed by atoms with Crippen LogP contribution in [-0.2, 0) is 4.74 Å². The number of hydrogen-bond acceptors (Lipinski definition) is 3. The highest BCUT2D eigenvalue weighted by Gasteiger charge is 2.41. The molecule has 0 saturated carbocycles. The smallest absolute Gasteiger partial charge is 0.191 e. The van der Waals surface area contributed by atoms with Crippen LogP contribution in [0, 0.1) is 5.92 Å². The summed E-state index contributed by atoms with van der Waals surface area (Å²) >= 11 is 0. The molecule has 2 saturated heterocycles. The Hall–Kier alpha value is -0.810. The van der Waals surface area contributed by atoms with Gasteiger partial charge in [0.15, 0.2) is 5.96 Å². The van der Waals surface area contributed by atoms with Gasteiger partial charge in [0.25, 0.3) is 0 Å². The lowest BCUT2D eigenvalue weighted by Gasteiger charge is -2.26. The van der Waals surface area contributed by atoms with Crippen molar-refractivity contribution in [1.82, 2.24) is 15.5 Å². The van der Waals surface area contributed by atoms with Crippen molar-refractivity contribution in [1.29, 1.82) is 0 Å². The van der Waals surface area contributed by atoms with E-state index < -0.39 is 0 Å². The maximum atomic E-state index is 5.93. The van der Waals surface area contributed by atoms with E-state index in [4.69, 9.17) is 9.73 Å². The third-order valence-corrected chi connectivity index (χ3v) is 4.71. The summed E-state index contributed by atoms with van der Waals surface area (Å²) in [5.74, 6) is 1.64. The van der Waals surface area contributed by atoms with Crippen LogP contribution in [0.1, 0.15) is 46.5 Å². The fraction of sp³-hybridized carbons (Fsp3) is 0.941. The zero-order valence-electron chi connectivity index (χ0n) is 14.9. The first-order chi connectivity index (χ1) is 10.5. The lowest BCUT2D eigenvalue weighted by atomic mass is 9.96. The van der Waals surface area contributed by atoms with E-state index in [0.717, 1.165) is 25.5 Å². The molecule has 2 heterocycles. The Kier molecular flexibility index (Phi) is 6.50. The van der Waals surface area contributed by atoms with Gasteiger partial charge >= 0.3 is 0 Å². The summed E-state index contributed by atoms with van der Waals surface area (Å²) < 4.78 is 5.93. The van der Waals surface area contributed by atoms with Crippen molar-refractivity contribution in [2.75, 3.05) is 27.2 Å². The maximum Gasteiger partial charge on any atom is 0.191 e. The predicted molar refractivity (Wildman–Crippen MR) is 92.3 cm³/mol. The summed E-state index contributed by atoms with van der Waals surface area (Å²) in [7, 11) is 4.29. The molecule has 22 heavy (non-hydrogen) atoms. The van der Waals surface area contributed by atoms with E-state index in [1.165, 1.54) is 19.3 Å². The highest BCUT2D eigenvalue weighted by atomic mass is 16.5. The molecule has 5 heteroatoms. The molecule has 2 N–H and O–H groups in total. The molecule has 0 spiro atoms. The third-order valence-electron chi connectivity index (χ3n) is 4.71. The highest BCUT2D eigenvalue weighted by molar-refractivity contribution is 5.80. The van der Waals surface area contributed by atoms with Crippen LogP contribution in [0.15, 0.2) is 4.99 Å². The lowest BCUT2D eigenvalue weighted by Crippen LogP contribution is -2.48. The van der Waals surface area contributed by atoms with Crippen LogP contribution in [0.2, 0.25) is 0 Å². The van der Waals surface area contributed by atoms with Gasteiger partial charge in [0.2, 0.25) is 0 Å². The topological polar surface area (TPSA) is 48.9 Å². The number of guanidine groups is 1. The van der Waals surface area contributed by atoms with E-state index in [-0.39, 0.29) is 0 Å². The van der Waals surface area contributed by atoms with Crippen LogP contribution in [-0.4, -0.2) is 62.3 Å². The largest absolute Gasteiger partial charge is 0.373 e. The molecule has 2 aliphatic rings. The molecule has 4 unspecified atom stereocenters. The molecule has 2 fully saturated rings. The molecule has 0 aromatic heterocycles. The second kappa shape index (κ2) is 8.16. The maximum absolute atomic E-state index is 5.93. The summed E-state index contributed by atoms with van der Waals surface area (Å²) in [4.78, 5) is 7.12. The van der Waals surface area contributed by atoms with Gasteiger partial charge < -0.3 is 20.3 Å². The fourth-order valence-electron chi connectivity index (χ4n) is 3.47. The van der Waals surface area contributed by atoms with E-state index in [9.17, 15) is 0 Å². The molecule has 2 bridgehead atoms. The average molecular weight is 310 g/mol. The number of ether oxygens (including phenoxy) is 1. The van der Waals surface area contributed by atoms with Crippen molar-refractivity contribution in [2.24, 2.45) is 10.9 Å². The lowest BCUT2D eigenvalue weighted by molar-refractivity contribution is 0.0992. The summed E-state index contributed by atoms with van der Waals surface area (Å²) in [6.45, 7) is 8.39. The summed E-state index contributed by atoms with van der Waals surface area (Å²) in [5.41, 5.74) is 0. The van der Waals surface area contributed by atoms with Gasteiger partial charge in [-0.25, -0.2) is 0 Å². The molecular formula is C17H34N4O. The van der Waals surface area contributed by atoms with Gasteiger partial charge in [-0.2, -0.15) is 0 Å². The van der Waals surface area contributed by atoms with E-state index in [1.807, 2.05) is 0 Å². The SMILES string of the molecule is CCNC(=NCC(CC(C)C)N(C)C)NC1CC2CCC1O2. The first-order valence-electron chi connectivity index (χ1n) is 8.86. The molecule has 0 radical (unpaired) electrons. The van der Waals surface area contributed by atoms with Gasteiger partial charge in [-0.05, 0) is 52.6 Å². The van der Waals surface area contributed by atoms with Gasteiger partial charge in [-0.15, -0.1) is 0 Å². The molecular weight excluding hydrogens is 276 g/mol. The minimum absolute atomic E-state index is 0.383. The Labute approximate surface area is 135 Å². The first-order valence-corrected chi connectivity index (χ1v) is 8.86. The Morgan fingerprint density at radius 1 is 1.32 bits per heavy atom. The van der Waals surface area contributed by atoms with Gasteiger partial charge in [0.05, 0.1) is 24.8 Å². The van der Waals surface area contributed by atoms with Crippen LogP contribution in [0.3, 0.4) is 0 Å². The van der Waals surface area contributed by atoms with E-state index >= 15 is 0 Å². The normalized spacial score (nSPS) is 29.4. The second-order valence-electron chi connectivity index (χ2n) is 7.33. The number of rotatable bonds is 7. The summed E-state index contributed by atoms with van der Waals surface area (Å²) in [5, 5.41) is 6.97. The van der Waals surface area contributed by atoms with Crippen LogP contribution in [0.4, 0.5) is 0 Å². The van der Waals surface area contributed by atoms with Crippen LogP contribution in [0.25, 0.3) is 0 Å². The minimum atomic E-state index is 0.383. The Morgan fingerprint density at radius 3 is 2.59 bits per heavy atom. The van der Waals surface area contributed by atoms with E-state index in [0.29, 0.717) is 30.2 Å². The number of fused-ring (bicyclic) bond motifs is 2. The third kappa shape index (κ3) is 4.85. The fourth-order valence-corrected chi connectivity index (χ4v) is 3.47. The Bertz CT molecular complexity index is 370. The summed E-state index contributed by atoms with van der Waals surface area (Å²) in [6.07, 6.45) is 5.57. The number of hydrogen-bond donors (Lipinski definition) is 2. The monoisotopic (exact) mass is 310 g/mol. The summed E-state index contributed by atoms with van der Waals surface area (Å²) in [6, 6.07) is 0.922. The molecule has 0 aromatic rings. The van der Waals surface area contributed by atoms with Crippen molar-refractivity contribution >= 4 is 5.96 Å². The van der Waals surface area contributed by atoms with Gasteiger partial charge in [-0.1, -0.05) is 13.8 Å². The van der Waals surface area contributed by atoms with Crippen LogP contribution >= 0.6 is 0 Å². The van der Waals surface area contributed by atoms with Crippen molar-refractivity contribution in [3.8, 4) is 0 Å². The van der Waals surface area contributed by atoms with Gasteiger partial charge in [0, 0.05) is 12.6 Å². The average Bonchev–Trinajstić information content (AvgIpc) is 3.05. The molecule has 5 nitrogen and oxygen atoms in total. The quantitative estimate of drug-likeness (QED) is 0.556. The van der Waals surface area contributed by atoms with Crippen molar-refractivity contribution < 1.29 is 4.74 Å². The zero-order valence-corrected chi connectivity index (χ0v) is 14.9. The predicted octanol–water partition coefficient (Wildman–Crippen LogP) is 1.84. The van der Waals surface area contributed by atoms with Crippen LogP contribution < -0.4 is 10.6 Å². The van der Waals surface area contributed by atoms with Gasteiger partial charge in [0.1, 0.15) is 0 Å². The highest BCUT2D eigenvalue weighted by Crippen LogP contribution is 2.34. The van der Waals surface area contributed by atoms with E-state index in [2.05, 4.69) is 50.4 Å². The number of nitrogens with one attached hydrogen (secondary N) is 2. The van der Waals surface area contributed by atoms with Crippen molar-refractivity contribution in [3.63, 3.8) is 0 Å². The standard InChI is InChI=1S/C17H34N4O/c1-6-18-17(19-11-13(21(4)5)9-12(2)3)20-15-10-14-7-8-16(15)22-14/h12-16H,6-11H2,1-5H3,(H2,18,19,20). The Morgan fingerprint density at radius 2 is 2.09 bits per heavy atom. The van der Waals surface area contributed by atoms with E-state index in [1.54, 1.807) is 0 Å². The Balaban J connectivity index is 1.91. The van der Waals surface area contributed by atoms with Crippen LogP contribution in [0.5, 0.6) is 0 Å². The van der Waals surface area contributed by atoms with Gasteiger partial charge in [-0.3, -0.25) is 4.99 Å². The molecule has 128 valence electrons. The van der Waals surface area contributed by atoms with Crippen molar-refractivity contribution in [3.05, 3.63) is 0 Å². The minimum Gasteiger partial charge on any atom is -0.373 e. The molecule has 0 aromatic carbocycles. The molecule has 0 aliphatic carbocycles. The number of aliphatic imine (C=N–C) groups is 1.